The quantitative estimate of drug-likeness (QED) is 0.0197. The smallest absolute Gasteiger partial charge is 0.462 e. The number of esters is 3. The molecule has 0 aliphatic rings. The molecule has 0 bridgehead atoms. The summed E-state index contributed by atoms with van der Waals surface area (Å²) in [6.07, 6.45) is 61.7. The van der Waals surface area contributed by atoms with E-state index in [1.54, 1.807) is 0 Å². The van der Waals surface area contributed by atoms with Gasteiger partial charge in [0.2, 0.25) is 0 Å². The van der Waals surface area contributed by atoms with Gasteiger partial charge in [0, 0.05) is 19.3 Å². The van der Waals surface area contributed by atoms with Crippen molar-refractivity contribution >= 4 is 25.7 Å². The monoisotopic (exact) mass is 1060 g/mol. The molecule has 0 rings (SSSR count). The highest BCUT2D eigenvalue weighted by molar-refractivity contribution is 7.47. The predicted octanol–water partition coefficient (Wildman–Crippen LogP) is 17.9. The number of phosphoric acid groups is 1. The molecular weight excluding hydrogens is 952 g/mol. The van der Waals surface area contributed by atoms with Crippen LogP contribution in [0.1, 0.15) is 278 Å². The van der Waals surface area contributed by atoms with Crippen LogP contribution in [0, 0.1) is 0 Å². The maximum atomic E-state index is 12.9. The normalized spacial score (nSPS) is 13.7. The van der Waals surface area contributed by atoms with Gasteiger partial charge in [-0.25, -0.2) is 4.57 Å². The van der Waals surface area contributed by atoms with Crippen LogP contribution in [0.2, 0.25) is 0 Å². The molecular formula is C62H111O11P. The summed E-state index contributed by atoms with van der Waals surface area (Å²) in [4.78, 5) is 48.6. The number of hydrogen-bond donors (Lipinski definition) is 2. The average molecular weight is 1060 g/mol. The molecule has 2 N–H and O–H groups in total. The van der Waals surface area contributed by atoms with Crippen molar-refractivity contribution in [1.29, 1.82) is 0 Å². The molecule has 0 aliphatic carbocycles. The van der Waals surface area contributed by atoms with Gasteiger partial charge in [0.25, 0.3) is 0 Å². The minimum absolute atomic E-state index is 0.141. The Labute approximate surface area is 453 Å². The molecule has 0 aromatic heterocycles. The highest BCUT2D eigenvalue weighted by Gasteiger charge is 2.28. The molecule has 3 atom stereocenters. The number of carbonyl (C=O) groups excluding carboxylic acids is 3. The lowest BCUT2D eigenvalue weighted by Crippen LogP contribution is -2.30. The van der Waals surface area contributed by atoms with Crippen LogP contribution < -0.4 is 0 Å². The van der Waals surface area contributed by atoms with Crippen LogP contribution >= 0.6 is 7.82 Å². The molecule has 0 amide bonds. The Balaban J connectivity index is 4.71. The number of allylic oxidation sites excluding steroid dienone is 10. The van der Waals surface area contributed by atoms with Gasteiger partial charge in [-0.05, 0) is 83.5 Å². The van der Waals surface area contributed by atoms with Gasteiger partial charge in [-0.1, -0.05) is 236 Å². The van der Waals surface area contributed by atoms with Crippen molar-refractivity contribution in [2.75, 3.05) is 26.4 Å². The van der Waals surface area contributed by atoms with E-state index in [4.69, 9.17) is 23.3 Å². The van der Waals surface area contributed by atoms with E-state index in [1.165, 1.54) is 122 Å². The fourth-order valence-corrected chi connectivity index (χ4v) is 9.13. The summed E-state index contributed by atoms with van der Waals surface area (Å²) in [5, 5.41) is 9.83. The second-order valence-electron chi connectivity index (χ2n) is 20.1. The summed E-state index contributed by atoms with van der Waals surface area (Å²) in [7, 11) is -4.75. The fraction of sp³-hybridized carbons (Fsp3) is 0.790. The number of rotatable bonds is 56. The Kier molecular flexibility index (Phi) is 54.2. The van der Waals surface area contributed by atoms with Crippen molar-refractivity contribution in [3.63, 3.8) is 0 Å². The zero-order valence-electron chi connectivity index (χ0n) is 47.6. The van der Waals surface area contributed by atoms with E-state index in [0.29, 0.717) is 19.3 Å². The van der Waals surface area contributed by atoms with Gasteiger partial charge in [-0.3, -0.25) is 23.4 Å². The second kappa shape index (κ2) is 56.4. The molecule has 0 heterocycles. The standard InChI is InChI=1S/C62H111O11P/c1-4-7-10-13-16-19-22-25-27-29-31-34-37-40-43-46-49-52-61(65)72-58(54-63)56-70-74(67,68)71-57-59(55-69-60(64)51-48-45-42-39-36-33-24-21-18-15-12-9-6-3)73-62(66)53-50-47-44-41-38-35-32-30-28-26-23-20-17-14-11-8-5-2/h8,11,17,20,25-28,32,35,58-59,63H,4-7,9-10,12-16,18-19,21-24,29-31,33-34,36-57H2,1-3H3,(H,67,68)/b11-8-,20-17-,27-25-,28-26-,35-32-. The molecule has 0 aliphatic heterocycles. The van der Waals surface area contributed by atoms with Gasteiger partial charge in [0.1, 0.15) is 12.7 Å². The molecule has 3 unspecified atom stereocenters. The summed E-state index contributed by atoms with van der Waals surface area (Å²) in [6, 6.07) is 0. The number of unbranched alkanes of at least 4 members (excludes halogenated alkanes) is 29. The van der Waals surface area contributed by atoms with Gasteiger partial charge in [-0.2, -0.15) is 0 Å². The Morgan fingerprint density at radius 3 is 1.09 bits per heavy atom. The van der Waals surface area contributed by atoms with Crippen molar-refractivity contribution in [1.82, 2.24) is 0 Å². The third kappa shape index (κ3) is 54.0. The van der Waals surface area contributed by atoms with Crippen LogP contribution in [0.15, 0.2) is 60.8 Å². The predicted molar refractivity (Wildman–Crippen MR) is 307 cm³/mol. The van der Waals surface area contributed by atoms with Crippen LogP contribution in [0.3, 0.4) is 0 Å². The average Bonchev–Trinajstić information content (AvgIpc) is 3.39. The van der Waals surface area contributed by atoms with Crippen molar-refractivity contribution in [3.05, 3.63) is 60.8 Å². The molecule has 0 aromatic rings. The van der Waals surface area contributed by atoms with E-state index in [1.807, 2.05) is 0 Å². The van der Waals surface area contributed by atoms with E-state index in [2.05, 4.69) is 81.5 Å². The molecule has 12 heteroatoms. The fourth-order valence-electron chi connectivity index (χ4n) is 8.34. The molecule has 0 radical (unpaired) electrons. The zero-order chi connectivity index (χ0) is 54.1. The first-order chi connectivity index (χ1) is 36.2. The van der Waals surface area contributed by atoms with Gasteiger partial charge in [0.15, 0.2) is 6.10 Å². The van der Waals surface area contributed by atoms with Crippen LogP contribution in [0.25, 0.3) is 0 Å². The number of phosphoric ester groups is 1. The lowest BCUT2D eigenvalue weighted by molar-refractivity contribution is -0.161. The minimum atomic E-state index is -4.75. The first-order valence-corrected chi connectivity index (χ1v) is 31.7. The third-order valence-electron chi connectivity index (χ3n) is 12.9. The summed E-state index contributed by atoms with van der Waals surface area (Å²) in [5.74, 6) is -1.48. The maximum absolute atomic E-state index is 12.9. The summed E-state index contributed by atoms with van der Waals surface area (Å²) < 4.78 is 39.6. The van der Waals surface area contributed by atoms with Crippen LogP contribution in [0.5, 0.6) is 0 Å². The van der Waals surface area contributed by atoms with Crippen molar-refractivity contribution < 1.29 is 52.2 Å². The first-order valence-electron chi connectivity index (χ1n) is 30.2. The van der Waals surface area contributed by atoms with Crippen LogP contribution in [-0.4, -0.2) is 66.5 Å². The van der Waals surface area contributed by atoms with Crippen LogP contribution in [-0.2, 0) is 42.2 Å². The van der Waals surface area contributed by atoms with E-state index < -0.39 is 57.8 Å². The molecule has 11 nitrogen and oxygen atoms in total. The van der Waals surface area contributed by atoms with E-state index in [-0.39, 0.29) is 25.9 Å². The van der Waals surface area contributed by atoms with Crippen molar-refractivity contribution in [3.8, 4) is 0 Å². The van der Waals surface area contributed by atoms with Gasteiger partial charge in [-0.15, -0.1) is 0 Å². The molecule has 0 spiro atoms. The molecule has 0 aromatic carbocycles. The van der Waals surface area contributed by atoms with E-state index in [0.717, 1.165) is 96.3 Å². The number of carbonyl (C=O) groups is 3. The number of aliphatic hydroxyl groups excluding tert-OH is 1. The Morgan fingerprint density at radius 2 is 0.703 bits per heavy atom. The second-order valence-corrected chi connectivity index (χ2v) is 21.6. The molecule has 430 valence electrons. The number of hydrogen-bond acceptors (Lipinski definition) is 10. The van der Waals surface area contributed by atoms with E-state index in [9.17, 15) is 28.9 Å². The molecule has 74 heavy (non-hydrogen) atoms. The van der Waals surface area contributed by atoms with Gasteiger partial charge in [0.05, 0.1) is 19.8 Å². The van der Waals surface area contributed by atoms with Crippen molar-refractivity contribution in [2.45, 2.75) is 290 Å². The molecule has 0 fully saturated rings. The van der Waals surface area contributed by atoms with Crippen LogP contribution in [0.4, 0.5) is 0 Å². The lowest BCUT2D eigenvalue weighted by atomic mass is 10.0. The summed E-state index contributed by atoms with van der Waals surface area (Å²) in [5.41, 5.74) is 0. The maximum Gasteiger partial charge on any atom is 0.472 e. The molecule has 0 saturated heterocycles. The van der Waals surface area contributed by atoms with Crippen molar-refractivity contribution in [2.24, 2.45) is 0 Å². The minimum Gasteiger partial charge on any atom is -0.462 e. The van der Waals surface area contributed by atoms with E-state index >= 15 is 0 Å². The number of ether oxygens (including phenoxy) is 3. The molecule has 0 saturated carbocycles. The third-order valence-corrected chi connectivity index (χ3v) is 13.9. The Hall–Kier alpha value is -2.82. The number of aliphatic hydroxyl groups is 1. The Morgan fingerprint density at radius 1 is 0.392 bits per heavy atom. The largest absolute Gasteiger partial charge is 0.472 e. The SMILES string of the molecule is CC/C=C\C/C=C\C/C=C\C/C=C\CCCCCCC(=O)OC(COC(=O)CCCCCCCCCCCCCCC)COP(=O)(O)OCC(CO)OC(=O)CCCCCCCCC/C=C\CCCCCCCC. The first kappa shape index (κ1) is 71.2. The highest BCUT2D eigenvalue weighted by atomic mass is 31.2. The summed E-state index contributed by atoms with van der Waals surface area (Å²) >= 11 is 0. The highest BCUT2D eigenvalue weighted by Crippen LogP contribution is 2.43. The Bertz CT molecular complexity index is 1470. The zero-order valence-corrected chi connectivity index (χ0v) is 48.5. The topological polar surface area (TPSA) is 155 Å². The lowest BCUT2D eigenvalue weighted by Gasteiger charge is -2.21. The summed E-state index contributed by atoms with van der Waals surface area (Å²) in [6.45, 7) is 4.53. The van der Waals surface area contributed by atoms with Gasteiger partial charge >= 0.3 is 25.7 Å². The van der Waals surface area contributed by atoms with Gasteiger partial charge < -0.3 is 24.2 Å².